The Morgan fingerprint density at radius 2 is 1.88 bits per heavy atom. The molecule has 0 radical (unpaired) electrons. The van der Waals surface area contributed by atoms with Gasteiger partial charge in [0.05, 0.1) is 0 Å². The molecule has 0 saturated heterocycles. The minimum Gasteiger partial charge on any atom is -0.484 e. The second-order valence-electron chi connectivity index (χ2n) is 5.47. The monoisotopic (exact) mass is 345 g/mol. The number of hydrogen-bond donors (Lipinski definition) is 0. The highest BCUT2D eigenvalue weighted by molar-refractivity contribution is 6.07. The number of amides is 1. The molecule has 0 bridgehead atoms. The van der Waals surface area contributed by atoms with Crippen LogP contribution in [0.4, 0.5) is 8.78 Å². The first-order valence-electron chi connectivity index (χ1n) is 7.47. The van der Waals surface area contributed by atoms with Crippen molar-refractivity contribution in [3.63, 3.8) is 0 Å². The molecule has 0 aliphatic rings. The van der Waals surface area contributed by atoms with Crippen LogP contribution in [-0.4, -0.2) is 37.3 Å². The first-order chi connectivity index (χ1) is 11.9. The predicted molar refractivity (Wildman–Crippen MR) is 90.4 cm³/mol. The highest BCUT2D eigenvalue weighted by Gasteiger charge is 2.08. The third kappa shape index (κ3) is 5.24. The topological polar surface area (TPSA) is 46.6 Å². The molecular weight excluding hydrogens is 328 g/mol. The Labute approximate surface area is 144 Å². The van der Waals surface area contributed by atoms with Crippen molar-refractivity contribution in [3.8, 4) is 5.75 Å². The van der Waals surface area contributed by atoms with Crippen molar-refractivity contribution in [1.29, 1.82) is 0 Å². The van der Waals surface area contributed by atoms with E-state index in [4.69, 9.17) is 4.74 Å². The Morgan fingerprint density at radius 1 is 1.12 bits per heavy atom. The maximum Gasteiger partial charge on any atom is 0.259 e. The molecule has 0 atom stereocenters. The minimum atomic E-state index is -0.621. The van der Waals surface area contributed by atoms with Crippen molar-refractivity contribution in [2.45, 2.75) is 0 Å². The van der Waals surface area contributed by atoms with Gasteiger partial charge in [-0.1, -0.05) is 12.1 Å². The molecule has 0 aliphatic carbocycles. The lowest BCUT2D eigenvalue weighted by molar-refractivity contribution is -0.130. The normalized spacial score (nSPS) is 10.7. The average molecular weight is 345 g/mol. The van der Waals surface area contributed by atoms with Crippen molar-refractivity contribution < 1.29 is 23.1 Å². The molecule has 4 nitrogen and oxygen atoms in total. The number of hydrogen-bond acceptors (Lipinski definition) is 3. The number of nitrogens with zero attached hydrogens (tertiary/aromatic N) is 1. The largest absolute Gasteiger partial charge is 0.484 e. The molecule has 0 aliphatic heterocycles. The fraction of sp³-hybridized carbons (Fsp3) is 0.158. The van der Waals surface area contributed by atoms with E-state index in [1.807, 2.05) is 0 Å². The zero-order valence-electron chi connectivity index (χ0n) is 13.8. The summed E-state index contributed by atoms with van der Waals surface area (Å²) in [5.74, 6) is -1.45. The van der Waals surface area contributed by atoms with E-state index in [0.29, 0.717) is 11.3 Å². The van der Waals surface area contributed by atoms with E-state index < -0.39 is 17.4 Å². The first kappa shape index (κ1) is 18.3. The quantitative estimate of drug-likeness (QED) is 0.596. The van der Waals surface area contributed by atoms with E-state index in [-0.39, 0.29) is 18.1 Å². The average Bonchev–Trinajstić information content (AvgIpc) is 2.60. The Hall–Kier alpha value is -3.02. The maximum atomic E-state index is 13.5. The molecule has 6 heteroatoms. The number of benzene rings is 2. The van der Waals surface area contributed by atoms with Crippen molar-refractivity contribution in [1.82, 2.24) is 4.90 Å². The smallest absolute Gasteiger partial charge is 0.259 e. The van der Waals surface area contributed by atoms with E-state index in [9.17, 15) is 18.4 Å². The van der Waals surface area contributed by atoms with Crippen LogP contribution in [0.5, 0.6) is 5.75 Å². The Bertz CT molecular complexity index is 816. The molecule has 2 aromatic rings. The second-order valence-corrected chi connectivity index (χ2v) is 5.47. The number of allylic oxidation sites excluding steroid dienone is 1. The van der Waals surface area contributed by atoms with Gasteiger partial charge in [0.1, 0.15) is 17.4 Å². The van der Waals surface area contributed by atoms with Gasteiger partial charge < -0.3 is 9.64 Å². The zero-order chi connectivity index (χ0) is 18.4. The number of ketones is 1. The van der Waals surface area contributed by atoms with Crippen LogP contribution in [-0.2, 0) is 4.79 Å². The summed E-state index contributed by atoms with van der Waals surface area (Å²) in [6, 6.07) is 9.29. The highest BCUT2D eigenvalue weighted by Crippen LogP contribution is 2.16. The first-order valence-corrected chi connectivity index (χ1v) is 7.47. The van der Waals surface area contributed by atoms with Crippen LogP contribution in [0.1, 0.15) is 15.9 Å². The van der Waals surface area contributed by atoms with Gasteiger partial charge in [-0.05, 0) is 42.5 Å². The zero-order valence-corrected chi connectivity index (χ0v) is 13.8. The Balaban J connectivity index is 2.09. The van der Waals surface area contributed by atoms with Crippen molar-refractivity contribution in [2.75, 3.05) is 20.7 Å². The molecule has 0 N–H and O–H groups in total. The van der Waals surface area contributed by atoms with Gasteiger partial charge in [0.2, 0.25) is 0 Å². The molecule has 1 amide bonds. The van der Waals surface area contributed by atoms with Crippen LogP contribution in [0.25, 0.3) is 6.08 Å². The lowest BCUT2D eigenvalue weighted by atomic mass is 10.1. The number of halogens is 2. The number of rotatable bonds is 6. The predicted octanol–water partition coefficient (Wildman–Crippen LogP) is 3.33. The van der Waals surface area contributed by atoms with E-state index >= 15 is 0 Å². The van der Waals surface area contributed by atoms with Gasteiger partial charge in [-0.25, -0.2) is 8.78 Å². The third-order valence-electron chi connectivity index (χ3n) is 3.35. The van der Waals surface area contributed by atoms with Crippen LogP contribution in [0.15, 0.2) is 48.5 Å². The summed E-state index contributed by atoms with van der Waals surface area (Å²) in [5, 5.41) is 0. The van der Waals surface area contributed by atoms with Crippen LogP contribution in [0.3, 0.4) is 0 Å². The summed E-state index contributed by atoms with van der Waals surface area (Å²) in [5.41, 5.74) is 0.292. The number of likely N-dealkylation sites (N-methyl/N-ethyl adjacent to an activating group) is 1. The highest BCUT2D eigenvalue weighted by atomic mass is 19.1. The molecule has 0 heterocycles. The Morgan fingerprint density at radius 3 is 2.60 bits per heavy atom. The molecular formula is C19H17F2NO3. The van der Waals surface area contributed by atoms with E-state index in [2.05, 4.69) is 0 Å². The number of ether oxygens (including phenoxy) is 1. The molecule has 25 heavy (non-hydrogen) atoms. The molecule has 2 rings (SSSR count). The van der Waals surface area contributed by atoms with Gasteiger partial charge in [-0.3, -0.25) is 9.59 Å². The summed E-state index contributed by atoms with van der Waals surface area (Å²) in [7, 11) is 3.23. The summed E-state index contributed by atoms with van der Waals surface area (Å²) >= 11 is 0. The molecule has 0 saturated carbocycles. The molecule has 0 fully saturated rings. The molecule has 0 unspecified atom stereocenters. The minimum absolute atomic E-state index is 0.0164. The van der Waals surface area contributed by atoms with Gasteiger partial charge >= 0.3 is 0 Å². The van der Waals surface area contributed by atoms with E-state index in [1.165, 1.54) is 17.0 Å². The lowest BCUT2D eigenvalue weighted by Crippen LogP contribution is -2.27. The molecule has 130 valence electrons. The molecule has 0 spiro atoms. The second kappa shape index (κ2) is 8.19. The van der Waals surface area contributed by atoms with Crippen molar-refractivity contribution >= 4 is 17.8 Å². The van der Waals surface area contributed by atoms with Gasteiger partial charge in [-0.15, -0.1) is 0 Å². The van der Waals surface area contributed by atoms with Crippen LogP contribution >= 0.6 is 0 Å². The molecule has 0 aromatic heterocycles. The summed E-state index contributed by atoms with van der Waals surface area (Å²) in [4.78, 5) is 25.1. The maximum absolute atomic E-state index is 13.5. The SMILES string of the molecule is CN(C)C(=O)COc1cccc(C(=O)C=Cc2cc(F)ccc2F)c1. The number of carbonyl (C=O) groups excluding carboxylic acids is 2. The van der Waals surface area contributed by atoms with E-state index in [1.54, 1.807) is 32.3 Å². The van der Waals surface area contributed by atoms with Crippen LogP contribution in [0, 0.1) is 11.6 Å². The van der Waals surface area contributed by atoms with Gasteiger partial charge in [0.15, 0.2) is 12.4 Å². The number of carbonyl (C=O) groups is 2. The fourth-order valence-electron chi connectivity index (χ4n) is 1.92. The van der Waals surface area contributed by atoms with Crippen LogP contribution < -0.4 is 4.74 Å². The van der Waals surface area contributed by atoms with Crippen LogP contribution in [0.2, 0.25) is 0 Å². The summed E-state index contributed by atoms with van der Waals surface area (Å²) < 4.78 is 32.0. The Kier molecular flexibility index (Phi) is 6.00. The van der Waals surface area contributed by atoms with Crippen molar-refractivity contribution in [2.24, 2.45) is 0 Å². The van der Waals surface area contributed by atoms with Gasteiger partial charge in [-0.2, -0.15) is 0 Å². The fourth-order valence-corrected chi connectivity index (χ4v) is 1.92. The lowest BCUT2D eigenvalue weighted by Gasteiger charge is -2.11. The third-order valence-corrected chi connectivity index (χ3v) is 3.35. The summed E-state index contributed by atoms with van der Waals surface area (Å²) in [6.45, 7) is -0.144. The summed E-state index contributed by atoms with van der Waals surface area (Å²) in [6.07, 6.45) is 2.37. The van der Waals surface area contributed by atoms with Crippen molar-refractivity contribution in [3.05, 3.63) is 71.3 Å². The van der Waals surface area contributed by atoms with E-state index in [0.717, 1.165) is 24.3 Å². The van der Waals surface area contributed by atoms with Gasteiger partial charge in [0.25, 0.3) is 5.91 Å². The standard InChI is InChI=1S/C19H17F2NO3/c1-22(2)19(24)12-25-16-5-3-4-14(11-16)18(23)9-6-13-10-15(20)7-8-17(13)21/h3-11H,12H2,1-2H3. The molecule has 2 aromatic carbocycles. The van der Waals surface area contributed by atoms with Gasteiger partial charge in [0, 0.05) is 25.2 Å².